The Hall–Kier alpha value is -2.00. The third kappa shape index (κ3) is 6.78. The lowest BCUT2D eigenvalue weighted by atomic mass is 9.86. The largest absolute Gasteiger partial charge is 0.382 e. The van der Waals surface area contributed by atoms with E-state index in [9.17, 15) is 4.79 Å². The Morgan fingerprint density at radius 3 is 2.59 bits per heavy atom. The Balaban J connectivity index is 0.00000300. The van der Waals surface area contributed by atoms with Crippen LogP contribution in [0.2, 0.25) is 0 Å². The van der Waals surface area contributed by atoms with Gasteiger partial charge in [-0.15, -0.1) is 12.4 Å². The second-order valence-electron chi connectivity index (χ2n) is 7.02. The highest BCUT2D eigenvalue weighted by Gasteiger charge is 2.27. The van der Waals surface area contributed by atoms with Crippen LogP contribution in [0.25, 0.3) is 11.4 Å². The Morgan fingerprint density at radius 1 is 1.21 bits per heavy atom. The van der Waals surface area contributed by atoms with Gasteiger partial charge in [-0.2, -0.15) is 4.98 Å². The van der Waals surface area contributed by atoms with E-state index >= 15 is 0 Å². The van der Waals surface area contributed by atoms with E-state index < -0.39 is 0 Å². The molecule has 0 unspecified atom stereocenters. The molecule has 0 atom stereocenters. The summed E-state index contributed by atoms with van der Waals surface area (Å²) in [4.78, 5) is 16.5. The van der Waals surface area contributed by atoms with E-state index in [1.165, 1.54) is 0 Å². The van der Waals surface area contributed by atoms with Crippen molar-refractivity contribution in [3.8, 4) is 11.4 Å². The molecule has 160 valence electrons. The highest BCUT2D eigenvalue weighted by atomic mass is 35.5. The molecule has 1 aliphatic rings. The monoisotopic (exact) mass is 424 g/mol. The van der Waals surface area contributed by atoms with E-state index in [1.807, 2.05) is 24.3 Å². The summed E-state index contributed by atoms with van der Waals surface area (Å²) in [6.07, 6.45) is 3.58. The first-order chi connectivity index (χ1) is 13.7. The predicted molar refractivity (Wildman–Crippen MR) is 111 cm³/mol. The molecule has 0 spiro atoms. The number of carbonyl (C=O) groups is 1. The molecule has 0 radical (unpaired) electrons. The molecule has 0 aliphatic heterocycles. The molecular formula is C20H29ClN4O4. The lowest BCUT2D eigenvalue weighted by molar-refractivity contribution is -0.127. The summed E-state index contributed by atoms with van der Waals surface area (Å²) in [5.41, 5.74) is 7.61. The summed E-state index contributed by atoms with van der Waals surface area (Å²) < 4.78 is 15.6. The molecular weight excluding hydrogens is 396 g/mol. The number of aromatic nitrogens is 2. The van der Waals surface area contributed by atoms with E-state index in [0.717, 1.165) is 36.8 Å². The zero-order valence-electron chi connectivity index (χ0n) is 16.6. The van der Waals surface area contributed by atoms with Gasteiger partial charge in [-0.05, 0) is 31.2 Å². The zero-order valence-corrected chi connectivity index (χ0v) is 17.5. The lowest BCUT2D eigenvalue weighted by Crippen LogP contribution is -2.39. The van der Waals surface area contributed by atoms with Crippen LogP contribution in [0.5, 0.6) is 0 Å². The summed E-state index contributed by atoms with van der Waals surface area (Å²) in [5, 5.41) is 7.15. The van der Waals surface area contributed by atoms with Gasteiger partial charge in [-0.25, -0.2) is 0 Å². The molecule has 1 fully saturated rings. The first-order valence-electron chi connectivity index (χ1n) is 9.68. The van der Waals surface area contributed by atoms with E-state index in [1.54, 1.807) is 7.11 Å². The van der Waals surface area contributed by atoms with Gasteiger partial charge in [0.05, 0.1) is 13.2 Å². The summed E-state index contributed by atoms with van der Waals surface area (Å²) >= 11 is 0. The fourth-order valence-electron chi connectivity index (χ4n) is 3.37. The van der Waals surface area contributed by atoms with Crippen LogP contribution in [0.4, 0.5) is 0 Å². The molecule has 2 aromatic rings. The molecule has 1 heterocycles. The maximum absolute atomic E-state index is 11.9. The van der Waals surface area contributed by atoms with Crippen LogP contribution in [0, 0.1) is 0 Å². The molecule has 1 amide bonds. The van der Waals surface area contributed by atoms with Crippen molar-refractivity contribution in [2.45, 2.75) is 44.2 Å². The van der Waals surface area contributed by atoms with Crippen LogP contribution in [0.3, 0.4) is 0 Å². The van der Waals surface area contributed by atoms with E-state index in [2.05, 4.69) is 15.5 Å². The minimum absolute atomic E-state index is 0. The highest BCUT2D eigenvalue weighted by Crippen LogP contribution is 2.33. The number of benzene rings is 1. The first kappa shape index (κ1) is 23.3. The summed E-state index contributed by atoms with van der Waals surface area (Å²) in [6, 6.07) is 8.02. The molecule has 1 saturated carbocycles. The Labute approximate surface area is 176 Å². The number of nitrogens with two attached hydrogens (primary N) is 1. The summed E-state index contributed by atoms with van der Waals surface area (Å²) in [5.74, 6) is 1.42. The van der Waals surface area contributed by atoms with Gasteiger partial charge in [-0.1, -0.05) is 29.4 Å². The van der Waals surface area contributed by atoms with Crippen molar-refractivity contribution in [1.29, 1.82) is 0 Å². The fourth-order valence-corrected chi connectivity index (χ4v) is 3.37. The van der Waals surface area contributed by atoms with Crippen molar-refractivity contribution in [2.75, 3.05) is 26.9 Å². The van der Waals surface area contributed by atoms with Gasteiger partial charge in [0, 0.05) is 31.2 Å². The number of hydrogen-bond donors (Lipinski definition) is 2. The topological polar surface area (TPSA) is 112 Å². The van der Waals surface area contributed by atoms with Crippen molar-refractivity contribution in [3.05, 3.63) is 35.7 Å². The number of carbonyl (C=O) groups excluding carboxylic acids is 1. The smallest absolute Gasteiger partial charge is 0.246 e. The standard InChI is InChI=1S/C20H28N4O4.ClH/c1-26-10-11-27-13-18(25)22-17-8-6-16(7-9-17)20-23-19(24-28-20)15-4-2-14(12-21)3-5-15;/h2-5,16-17H,6-13,21H2,1H3,(H,22,25);1H. The number of halogens is 1. The molecule has 8 nitrogen and oxygen atoms in total. The number of hydrogen-bond acceptors (Lipinski definition) is 7. The third-order valence-corrected chi connectivity index (χ3v) is 5.00. The molecule has 1 aliphatic carbocycles. The SMILES string of the molecule is COCCOCC(=O)NC1CCC(c2nc(-c3ccc(CN)cc3)no2)CC1.Cl. The van der Waals surface area contributed by atoms with Crippen molar-refractivity contribution in [3.63, 3.8) is 0 Å². The number of ether oxygens (including phenoxy) is 2. The highest BCUT2D eigenvalue weighted by molar-refractivity contribution is 5.85. The molecule has 1 aromatic heterocycles. The van der Waals surface area contributed by atoms with Crippen molar-refractivity contribution >= 4 is 18.3 Å². The lowest BCUT2D eigenvalue weighted by Gasteiger charge is -2.27. The number of rotatable bonds is 9. The van der Waals surface area contributed by atoms with Crippen LogP contribution < -0.4 is 11.1 Å². The average Bonchev–Trinajstić information content (AvgIpc) is 3.22. The second kappa shape index (κ2) is 11.9. The van der Waals surface area contributed by atoms with Gasteiger partial charge in [0.2, 0.25) is 17.6 Å². The maximum Gasteiger partial charge on any atom is 0.246 e. The first-order valence-corrected chi connectivity index (χ1v) is 9.68. The second-order valence-corrected chi connectivity index (χ2v) is 7.02. The molecule has 9 heteroatoms. The van der Waals surface area contributed by atoms with Crippen molar-refractivity contribution < 1.29 is 18.8 Å². The molecule has 0 bridgehead atoms. The van der Waals surface area contributed by atoms with Crippen LogP contribution in [-0.4, -0.2) is 49.0 Å². The van der Waals surface area contributed by atoms with Gasteiger partial charge in [-0.3, -0.25) is 4.79 Å². The molecule has 0 saturated heterocycles. The van der Waals surface area contributed by atoms with Crippen LogP contribution in [0.1, 0.15) is 43.1 Å². The minimum Gasteiger partial charge on any atom is -0.382 e. The van der Waals surface area contributed by atoms with Crippen LogP contribution in [-0.2, 0) is 20.8 Å². The zero-order chi connectivity index (χ0) is 19.8. The van der Waals surface area contributed by atoms with Crippen molar-refractivity contribution in [1.82, 2.24) is 15.5 Å². The predicted octanol–water partition coefficient (Wildman–Crippen LogP) is 2.42. The average molecular weight is 425 g/mol. The van der Waals surface area contributed by atoms with E-state index in [4.69, 9.17) is 19.7 Å². The number of amides is 1. The van der Waals surface area contributed by atoms with Crippen molar-refractivity contribution in [2.24, 2.45) is 5.73 Å². The summed E-state index contributed by atoms with van der Waals surface area (Å²) in [6.45, 7) is 1.49. The number of methoxy groups -OCH3 is 1. The third-order valence-electron chi connectivity index (χ3n) is 5.00. The molecule has 3 rings (SSSR count). The molecule has 3 N–H and O–H groups in total. The Kier molecular flexibility index (Phi) is 9.53. The van der Waals surface area contributed by atoms with Gasteiger partial charge >= 0.3 is 0 Å². The fraction of sp³-hybridized carbons (Fsp3) is 0.550. The Morgan fingerprint density at radius 2 is 1.93 bits per heavy atom. The van der Waals surface area contributed by atoms with Gasteiger partial charge in [0.15, 0.2) is 0 Å². The van der Waals surface area contributed by atoms with Crippen LogP contribution >= 0.6 is 12.4 Å². The molecule has 29 heavy (non-hydrogen) atoms. The van der Waals surface area contributed by atoms with Gasteiger partial charge in [0.25, 0.3) is 0 Å². The molecule has 1 aromatic carbocycles. The Bertz CT molecular complexity index is 745. The normalized spacial score (nSPS) is 18.8. The summed E-state index contributed by atoms with van der Waals surface area (Å²) in [7, 11) is 1.60. The van der Waals surface area contributed by atoms with Crippen LogP contribution in [0.15, 0.2) is 28.8 Å². The van der Waals surface area contributed by atoms with Gasteiger partial charge in [0.1, 0.15) is 6.61 Å². The maximum atomic E-state index is 11.9. The quantitative estimate of drug-likeness (QED) is 0.594. The van der Waals surface area contributed by atoms with Gasteiger partial charge < -0.3 is 25.0 Å². The van der Waals surface area contributed by atoms with E-state index in [-0.39, 0.29) is 36.9 Å². The minimum atomic E-state index is -0.0828. The number of nitrogens with one attached hydrogen (secondary N) is 1. The number of nitrogens with zero attached hydrogens (tertiary/aromatic N) is 2. The van der Waals surface area contributed by atoms with E-state index in [0.29, 0.717) is 31.5 Å².